The zero-order valence-electron chi connectivity index (χ0n) is 11.9. The van der Waals surface area contributed by atoms with Gasteiger partial charge in [0.25, 0.3) is 5.91 Å². The van der Waals surface area contributed by atoms with E-state index in [-0.39, 0.29) is 16.1 Å². The molecule has 1 fully saturated rings. The second-order valence-corrected chi connectivity index (χ2v) is 7.72. The number of carbonyl (C=O) groups is 2. The number of hydrogen-bond acceptors (Lipinski definition) is 4. The van der Waals surface area contributed by atoms with Gasteiger partial charge in [-0.2, -0.15) is 0 Å². The maximum atomic E-state index is 12.5. The molecule has 1 aliphatic heterocycles. The summed E-state index contributed by atoms with van der Waals surface area (Å²) in [6.45, 7) is 3.52. The normalized spacial score (nSPS) is 18.4. The first-order valence-corrected chi connectivity index (χ1v) is 8.58. The Kier molecular flexibility index (Phi) is 5.41. The van der Waals surface area contributed by atoms with Crippen LogP contribution in [0.15, 0.2) is 33.6 Å². The van der Waals surface area contributed by atoms with Crippen LogP contribution in [0.5, 0.6) is 0 Å². The lowest BCUT2D eigenvalue weighted by Crippen LogP contribution is -2.47. The van der Waals surface area contributed by atoms with Crippen LogP contribution in [-0.2, 0) is 9.59 Å². The minimum Gasteiger partial charge on any atom is -0.480 e. The highest BCUT2D eigenvalue weighted by atomic mass is 79.9. The summed E-state index contributed by atoms with van der Waals surface area (Å²) in [6.07, 6.45) is 1.73. The summed E-state index contributed by atoms with van der Waals surface area (Å²) >= 11 is 9.69. The molecular formula is C15H14BrNO3S2. The van der Waals surface area contributed by atoms with E-state index >= 15 is 0 Å². The molecule has 2 rings (SSSR count). The second kappa shape index (κ2) is 6.93. The molecule has 116 valence electrons. The average molecular weight is 400 g/mol. The Hall–Kier alpha value is -1.18. The quantitative estimate of drug-likeness (QED) is 0.616. The van der Waals surface area contributed by atoms with E-state index in [1.807, 2.05) is 24.3 Å². The summed E-state index contributed by atoms with van der Waals surface area (Å²) in [7, 11) is 0. The number of hydrogen-bond donors (Lipinski definition) is 1. The van der Waals surface area contributed by atoms with Crippen molar-refractivity contribution in [2.24, 2.45) is 5.92 Å². The summed E-state index contributed by atoms with van der Waals surface area (Å²) in [4.78, 5) is 25.6. The molecular weight excluding hydrogens is 386 g/mol. The number of amides is 1. The molecule has 7 heteroatoms. The minimum atomic E-state index is -1.05. The Morgan fingerprint density at radius 3 is 2.45 bits per heavy atom. The zero-order chi connectivity index (χ0) is 16.4. The third kappa shape index (κ3) is 3.59. The molecule has 0 bridgehead atoms. The molecule has 1 amide bonds. The van der Waals surface area contributed by atoms with Crippen LogP contribution in [0.25, 0.3) is 6.08 Å². The number of thioether (sulfide) groups is 1. The van der Waals surface area contributed by atoms with E-state index in [1.54, 1.807) is 19.9 Å². The van der Waals surface area contributed by atoms with Gasteiger partial charge >= 0.3 is 5.97 Å². The summed E-state index contributed by atoms with van der Waals surface area (Å²) in [5.41, 5.74) is 0.861. The van der Waals surface area contributed by atoms with E-state index in [4.69, 9.17) is 12.2 Å². The highest BCUT2D eigenvalue weighted by Gasteiger charge is 2.41. The lowest BCUT2D eigenvalue weighted by Gasteiger charge is -2.26. The van der Waals surface area contributed by atoms with E-state index in [2.05, 4.69) is 15.9 Å². The van der Waals surface area contributed by atoms with Gasteiger partial charge in [0, 0.05) is 4.47 Å². The number of carbonyl (C=O) groups excluding carboxylic acids is 1. The number of aliphatic carboxylic acids is 1. The molecule has 4 nitrogen and oxygen atoms in total. The summed E-state index contributed by atoms with van der Waals surface area (Å²) in [5, 5.41) is 9.36. The van der Waals surface area contributed by atoms with Gasteiger partial charge in [-0.3, -0.25) is 9.69 Å². The fraction of sp³-hybridized carbons (Fsp3) is 0.267. The van der Waals surface area contributed by atoms with Gasteiger partial charge in [0.1, 0.15) is 10.4 Å². The van der Waals surface area contributed by atoms with Crippen LogP contribution < -0.4 is 0 Å². The van der Waals surface area contributed by atoms with Crippen LogP contribution in [0.1, 0.15) is 19.4 Å². The van der Waals surface area contributed by atoms with E-state index in [0.29, 0.717) is 4.91 Å². The Morgan fingerprint density at radius 1 is 1.36 bits per heavy atom. The predicted molar refractivity (Wildman–Crippen MR) is 95.4 cm³/mol. The highest BCUT2D eigenvalue weighted by Crippen LogP contribution is 2.35. The van der Waals surface area contributed by atoms with Crippen molar-refractivity contribution in [3.8, 4) is 0 Å². The highest BCUT2D eigenvalue weighted by molar-refractivity contribution is 9.10. The Morgan fingerprint density at radius 2 is 1.95 bits per heavy atom. The van der Waals surface area contributed by atoms with Crippen molar-refractivity contribution in [2.75, 3.05) is 0 Å². The summed E-state index contributed by atoms with van der Waals surface area (Å²) in [6, 6.07) is 6.55. The number of halogens is 1. The van der Waals surface area contributed by atoms with Crippen molar-refractivity contribution in [1.29, 1.82) is 0 Å². The number of carboxylic acids is 1. The summed E-state index contributed by atoms with van der Waals surface area (Å²) in [5.74, 6) is -1.62. The third-order valence-electron chi connectivity index (χ3n) is 3.15. The Balaban J connectivity index is 2.32. The molecule has 0 spiro atoms. The largest absolute Gasteiger partial charge is 0.480 e. The first-order valence-electron chi connectivity index (χ1n) is 6.56. The van der Waals surface area contributed by atoms with Crippen LogP contribution in [0.2, 0.25) is 0 Å². The van der Waals surface area contributed by atoms with E-state index < -0.39 is 12.0 Å². The monoisotopic (exact) mass is 399 g/mol. The fourth-order valence-electron chi connectivity index (χ4n) is 2.12. The molecule has 0 aromatic heterocycles. The average Bonchev–Trinajstić information content (AvgIpc) is 2.69. The Bertz CT molecular complexity index is 655. The van der Waals surface area contributed by atoms with Crippen molar-refractivity contribution in [3.63, 3.8) is 0 Å². The van der Waals surface area contributed by atoms with Crippen molar-refractivity contribution < 1.29 is 14.7 Å². The van der Waals surface area contributed by atoms with Crippen molar-refractivity contribution >= 4 is 62.2 Å². The number of benzene rings is 1. The van der Waals surface area contributed by atoms with E-state index in [9.17, 15) is 14.7 Å². The molecule has 1 aromatic rings. The molecule has 0 unspecified atom stereocenters. The SMILES string of the molecule is CC(C)[C@H](C(=O)O)N1C(=O)/C(=C\c2ccc(Br)cc2)SC1=S. The smallest absolute Gasteiger partial charge is 0.327 e. The number of thiocarbonyl (C=S) groups is 1. The first-order chi connectivity index (χ1) is 10.3. The van der Waals surface area contributed by atoms with Gasteiger partial charge in [-0.05, 0) is 29.7 Å². The van der Waals surface area contributed by atoms with Crippen LogP contribution in [0.4, 0.5) is 0 Å². The standard InChI is InChI=1S/C15H14BrNO3S2/c1-8(2)12(14(19)20)17-13(18)11(22-15(17)21)7-9-3-5-10(16)6-4-9/h3-8,12H,1-2H3,(H,19,20)/b11-7+/t12-/m1/s1. The minimum absolute atomic E-state index is 0.230. The second-order valence-electron chi connectivity index (χ2n) is 5.13. The maximum Gasteiger partial charge on any atom is 0.327 e. The van der Waals surface area contributed by atoms with Gasteiger partial charge in [0.05, 0.1) is 4.91 Å². The van der Waals surface area contributed by atoms with Gasteiger partial charge in [0.2, 0.25) is 0 Å². The van der Waals surface area contributed by atoms with Gasteiger partial charge in [-0.15, -0.1) is 0 Å². The predicted octanol–water partition coefficient (Wildman–Crippen LogP) is 3.76. The Labute approximate surface area is 146 Å². The molecule has 1 aliphatic rings. The topological polar surface area (TPSA) is 57.6 Å². The molecule has 0 radical (unpaired) electrons. The first kappa shape index (κ1) is 17.2. The molecule has 0 aliphatic carbocycles. The molecule has 22 heavy (non-hydrogen) atoms. The lowest BCUT2D eigenvalue weighted by molar-refractivity contribution is -0.146. The van der Waals surface area contributed by atoms with Crippen molar-refractivity contribution in [3.05, 3.63) is 39.2 Å². The number of nitrogens with zero attached hydrogens (tertiary/aromatic N) is 1. The molecule has 1 N–H and O–H groups in total. The number of carboxylic acid groups (broad SMARTS) is 1. The molecule has 0 saturated carbocycles. The lowest BCUT2D eigenvalue weighted by atomic mass is 10.0. The molecule has 1 atom stereocenters. The van der Waals surface area contributed by atoms with Crippen LogP contribution in [0.3, 0.4) is 0 Å². The fourth-order valence-corrected chi connectivity index (χ4v) is 3.72. The molecule has 1 aromatic carbocycles. The van der Waals surface area contributed by atoms with Gasteiger partial charge in [-0.1, -0.05) is 65.9 Å². The van der Waals surface area contributed by atoms with E-state index in [1.165, 1.54) is 4.90 Å². The van der Waals surface area contributed by atoms with E-state index in [0.717, 1.165) is 21.8 Å². The number of rotatable bonds is 4. The van der Waals surface area contributed by atoms with Crippen molar-refractivity contribution in [1.82, 2.24) is 4.90 Å². The van der Waals surface area contributed by atoms with Gasteiger partial charge in [-0.25, -0.2) is 4.79 Å². The van der Waals surface area contributed by atoms with Gasteiger partial charge < -0.3 is 5.11 Å². The molecule has 1 saturated heterocycles. The summed E-state index contributed by atoms with van der Waals surface area (Å²) < 4.78 is 1.23. The third-order valence-corrected chi connectivity index (χ3v) is 5.01. The van der Waals surface area contributed by atoms with Gasteiger partial charge in [0.15, 0.2) is 0 Å². The van der Waals surface area contributed by atoms with Crippen molar-refractivity contribution in [2.45, 2.75) is 19.9 Å². The zero-order valence-corrected chi connectivity index (χ0v) is 15.2. The van der Waals surface area contributed by atoms with Crippen LogP contribution >= 0.6 is 39.9 Å². The molecule has 1 heterocycles. The maximum absolute atomic E-state index is 12.5. The van der Waals surface area contributed by atoms with Crippen LogP contribution in [0, 0.1) is 5.92 Å². The van der Waals surface area contributed by atoms with Crippen LogP contribution in [-0.4, -0.2) is 32.2 Å².